The van der Waals surface area contributed by atoms with Gasteiger partial charge in [0.1, 0.15) is 11.6 Å². The molecular weight excluding hydrogens is 372 g/mol. The smallest absolute Gasteiger partial charge is 0.233 e. The first-order valence-corrected chi connectivity index (χ1v) is 11.2. The van der Waals surface area contributed by atoms with Gasteiger partial charge in [0, 0.05) is 19.6 Å². The van der Waals surface area contributed by atoms with Crippen molar-refractivity contribution in [3.63, 3.8) is 0 Å². The lowest BCUT2D eigenvalue weighted by molar-refractivity contribution is -0.127. The summed E-state index contributed by atoms with van der Waals surface area (Å²) in [6.45, 7) is 7.64. The van der Waals surface area contributed by atoms with E-state index in [1.807, 2.05) is 20.8 Å². The Kier molecular flexibility index (Phi) is 7.22. The average molecular weight is 397 g/mol. The molecule has 26 heavy (non-hydrogen) atoms. The second-order valence-corrected chi connectivity index (χ2v) is 8.50. The number of hydrogen-bond donors (Lipinski definition) is 0. The van der Waals surface area contributed by atoms with Gasteiger partial charge in [0.2, 0.25) is 5.91 Å². The molecule has 0 fully saturated rings. The SMILES string of the molecule is CCN(CC)C(=O)CSc1nnc(CS(=O)(=O)c2ccccc2)n1CC. The quantitative estimate of drug-likeness (QED) is 0.604. The minimum Gasteiger partial charge on any atom is -0.343 e. The van der Waals surface area contributed by atoms with Crippen LogP contribution in [0.15, 0.2) is 40.4 Å². The summed E-state index contributed by atoms with van der Waals surface area (Å²) in [5.41, 5.74) is 0. The third-order valence-electron chi connectivity index (χ3n) is 3.97. The molecule has 2 aromatic rings. The molecule has 0 aliphatic rings. The van der Waals surface area contributed by atoms with Crippen LogP contribution < -0.4 is 0 Å². The lowest BCUT2D eigenvalue weighted by atomic mass is 10.4. The molecule has 1 aromatic heterocycles. The monoisotopic (exact) mass is 396 g/mol. The predicted molar refractivity (Wildman–Crippen MR) is 102 cm³/mol. The molecule has 2 rings (SSSR count). The summed E-state index contributed by atoms with van der Waals surface area (Å²) in [7, 11) is -3.49. The molecule has 1 aromatic carbocycles. The number of amides is 1. The number of carbonyl (C=O) groups is 1. The van der Waals surface area contributed by atoms with E-state index in [1.165, 1.54) is 11.8 Å². The largest absolute Gasteiger partial charge is 0.343 e. The number of sulfone groups is 1. The molecule has 0 atom stereocenters. The van der Waals surface area contributed by atoms with Crippen LogP contribution >= 0.6 is 11.8 Å². The third kappa shape index (κ3) is 4.85. The topological polar surface area (TPSA) is 85.2 Å². The van der Waals surface area contributed by atoms with Crippen LogP contribution in [0.1, 0.15) is 26.6 Å². The molecule has 0 aliphatic heterocycles. The summed E-state index contributed by atoms with van der Waals surface area (Å²) in [6.07, 6.45) is 0. The molecule has 1 amide bonds. The van der Waals surface area contributed by atoms with Crippen molar-refractivity contribution in [2.45, 2.75) is 43.1 Å². The average Bonchev–Trinajstić information content (AvgIpc) is 3.02. The van der Waals surface area contributed by atoms with Crippen LogP contribution in [0.5, 0.6) is 0 Å². The van der Waals surface area contributed by atoms with Crippen molar-refractivity contribution < 1.29 is 13.2 Å². The molecule has 9 heteroatoms. The normalized spacial score (nSPS) is 11.5. The summed E-state index contributed by atoms with van der Waals surface area (Å²) < 4.78 is 26.9. The zero-order valence-corrected chi connectivity index (χ0v) is 16.9. The molecule has 0 unspecified atom stereocenters. The van der Waals surface area contributed by atoms with Crippen LogP contribution in [-0.2, 0) is 26.9 Å². The fourth-order valence-corrected chi connectivity index (χ4v) is 4.74. The zero-order chi connectivity index (χ0) is 19.2. The molecule has 0 bridgehead atoms. The minimum absolute atomic E-state index is 0.0316. The Hall–Kier alpha value is -1.87. The fourth-order valence-electron chi connectivity index (χ4n) is 2.53. The van der Waals surface area contributed by atoms with Gasteiger partial charge in [-0.05, 0) is 32.9 Å². The number of carbonyl (C=O) groups excluding carboxylic acids is 1. The van der Waals surface area contributed by atoms with Crippen LogP contribution in [-0.4, -0.2) is 52.8 Å². The Bertz CT molecular complexity index is 831. The third-order valence-corrected chi connectivity index (χ3v) is 6.55. The van der Waals surface area contributed by atoms with E-state index >= 15 is 0 Å². The number of nitrogens with zero attached hydrogens (tertiary/aromatic N) is 4. The van der Waals surface area contributed by atoms with Crippen LogP contribution in [0.2, 0.25) is 0 Å². The molecule has 0 radical (unpaired) electrons. The van der Waals surface area contributed by atoms with Gasteiger partial charge in [-0.25, -0.2) is 8.42 Å². The summed E-state index contributed by atoms with van der Waals surface area (Å²) in [6, 6.07) is 8.30. The Balaban J connectivity index is 2.14. The molecule has 0 spiro atoms. The van der Waals surface area contributed by atoms with E-state index in [-0.39, 0.29) is 22.3 Å². The van der Waals surface area contributed by atoms with Crippen LogP contribution in [0.3, 0.4) is 0 Å². The predicted octanol–water partition coefficient (Wildman–Crippen LogP) is 2.23. The van der Waals surface area contributed by atoms with Gasteiger partial charge in [-0.15, -0.1) is 10.2 Å². The highest BCUT2D eigenvalue weighted by atomic mass is 32.2. The van der Waals surface area contributed by atoms with E-state index < -0.39 is 9.84 Å². The molecule has 0 aliphatic carbocycles. The highest BCUT2D eigenvalue weighted by Gasteiger charge is 2.21. The van der Waals surface area contributed by atoms with E-state index in [1.54, 1.807) is 39.8 Å². The number of rotatable bonds is 9. The molecule has 7 nitrogen and oxygen atoms in total. The Morgan fingerprint density at radius 2 is 1.77 bits per heavy atom. The van der Waals surface area contributed by atoms with Crippen molar-refractivity contribution in [3.05, 3.63) is 36.2 Å². The van der Waals surface area contributed by atoms with Crippen molar-refractivity contribution in [1.29, 1.82) is 0 Å². The molecule has 0 saturated heterocycles. The van der Waals surface area contributed by atoms with Crippen molar-refractivity contribution in [1.82, 2.24) is 19.7 Å². The summed E-state index contributed by atoms with van der Waals surface area (Å²) >= 11 is 1.28. The van der Waals surface area contributed by atoms with E-state index in [9.17, 15) is 13.2 Å². The second-order valence-electron chi connectivity index (χ2n) is 5.57. The Morgan fingerprint density at radius 1 is 1.12 bits per heavy atom. The van der Waals surface area contributed by atoms with Crippen molar-refractivity contribution in [2.24, 2.45) is 0 Å². The maximum absolute atomic E-state index is 12.6. The van der Waals surface area contributed by atoms with Crippen molar-refractivity contribution in [3.8, 4) is 0 Å². The summed E-state index contributed by atoms with van der Waals surface area (Å²) in [4.78, 5) is 14.2. The van der Waals surface area contributed by atoms with Gasteiger partial charge >= 0.3 is 0 Å². The molecule has 142 valence electrons. The lowest BCUT2D eigenvalue weighted by Crippen LogP contribution is -2.31. The Labute approximate surface area is 158 Å². The van der Waals surface area contributed by atoms with E-state index in [4.69, 9.17) is 0 Å². The maximum Gasteiger partial charge on any atom is 0.233 e. The van der Waals surface area contributed by atoms with Crippen molar-refractivity contribution in [2.75, 3.05) is 18.8 Å². The van der Waals surface area contributed by atoms with Crippen molar-refractivity contribution >= 4 is 27.5 Å². The van der Waals surface area contributed by atoms with E-state index in [0.29, 0.717) is 30.6 Å². The number of aromatic nitrogens is 3. The first-order chi connectivity index (χ1) is 12.4. The zero-order valence-electron chi connectivity index (χ0n) is 15.3. The number of thioether (sulfide) groups is 1. The van der Waals surface area contributed by atoms with Gasteiger partial charge in [0.05, 0.1) is 10.6 Å². The molecular formula is C17H24N4O3S2. The highest BCUT2D eigenvalue weighted by molar-refractivity contribution is 7.99. The standard InChI is InChI=1S/C17H24N4O3S2/c1-4-20(5-2)16(22)12-25-17-19-18-15(21(17)6-3)13-26(23,24)14-10-8-7-9-11-14/h7-11H,4-6,12-13H2,1-3H3. The van der Waals surface area contributed by atoms with Gasteiger partial charge in [-0.3, -0.25) is 4.79 Å². The van der Waals surface area contributed by atoms with Crippen LogP contribution in [0.4, 0.5) is 0 Å². The van der Waals surface area contributed by atoms with Gasteiger partial charge in [-0.2, -0.15) is 0 Å². The number of hydrogen-bond acceptors (Lipinski definition) is 6. The Morgan fingerprint density at radius 3 is 2.35 bits per heavy atom. The van der Waals surface area contributed by atoms with Gasteiger partial charge in [-0.1, -0.05) is 30.0 Å². The van der Waals surface area contributed by atoms with Gasteiger partial charge in [0.25, 0.3) is 0 Å². The van der Waals surface area contributed by atoms with Gasteiger partial charge in [0.15, 0.2) is 15.0 Å². The van der Waals surface area contributed by atoms with Gasteiger partial charge < -0.3 is 9.47 Å². The van der Waals surface area contributed by atoms with Crippen LogP contribution in [0, 0.1) is 0 Å². The summed E-state index contributed by atoms with van der Waals surface area (Å²) in [5, 5.41) is 8.70. The number of benzene rings is 1. The van der Waals surface area contributed by atoms with Crippen LogP contribution in [0.25, 0.3) is 0 Å². The van der Waals surface area contributed by atoms with E-state index in [0.717, 1.165) is 0 Å². The molecule has 0 saturated carbocycles. The first-order valence-electron chi connectivity index (χ1n) is 8.53. The highest BCUT2D eigenvalue weighted by Crippen LogP contribution is 2.21. The maximum atomic E-state index is 12.6. The summed E-state index contributed by atoms with van der Waals surface area (Å²) in [5.74, 6) is 0.450. The lowest BCUT2D eigenvalue weighted by Gasteiger charge is -2.18. The second kappa shape index (κ2) is 9.18. The minimum atomic E-state index is -3.49. The first kappa shape index (κ1) is 20.4. The molecule has 1 heterocycles. The fraction of sp³-hybridized carbons (Fsp3) is 0.471. The molecule has 0 N–H and O–H groups in total. The van der Waals surface area contributed by atoms with E-state index in [2.05, 4.69) is 10.2 Å².